The third kappa shape index (κ3) is 2.70. The molecule has 1 N–H and O–H groups in total. The van der Waals surface area contributed by atoms with Gasteiger partial charge in [-0.1, -0.05) is 5.16 Å². The largest absolute Gasteiger partial charge is 0.361 e. The number of carbonyl (C=O) groups is 1. The number of rotatable bonds is 3. The van der Waals surface area contributed by atoms with E-state index in [1.807, 2.05) is 11.4 Å². The lowest BCUT2D eigenvalue weighted by Gasteiger charge is -1.99. The zero-order chi connectivity index (χ0) is 11.5. The Kier molecular flexibility index (Phi) is 3.40. The van der Waals surface area contributed by atoms with Crippen LogP contribution in [0, 0.1) is 6.92 Å². The first-order valence-corrected chi connectivity index (χ1v) is 6.27. The first kappa shape index (κ1) is 11.3. The van der Waals surface area contributed by atoms with Gasteiger partial charge in [0.15, 0.2) is 5.69 Å². The minimum atomic E-state index is -0.221. The normalized spacial score (nSPS) is 10.4. The summed E-state index contributed by atoms with van der Waals surface area (Å²) in [5, 5.41) is 8.38. The maximum Gasteiger partial charge on any atom is 0.273 e. The molecule has 0 radical (unpaired) electrons. The predicted octanol–water partition coefficient (Wildman–Crippen LogP) is 2.74. The molecule has 0 aliphatic heterocycles. The Hall–Kier alpha value is -1.14. The lowest BCUT2D eigenvalue weighted by molar-refractivity contribution is 0.0942. The smallest absolute Gasteiger partial charge is 0.273 e. The molecule has 0 aliphatic rings. The second-order valence-corrected chi connectivity index (χ2v) is 5.15. The molecule has 0 aliphatic carbocycles. The molecule has 0 spiro atoms. The Morgan fingerprint density at radius 1 is 1.62 bits per heavy atom. The van der Waals surface area contributed by atoms with Crippen molar-refractivity contribution in [3.8, 4) is 0 Å². The average Bonchev–Trinajstić information content (AvgIpc) is 2.84. The van der Waals surface area contributed by atoms with E-state index in [2.05, 4.69) is 26.4 Å². The van der Waals surface area contributed by atoms with Crippen LogP contribution >= 0.6 is 27.3 Å². The standard InChI is InChI=1S/C10H9BrN2O2S/c1-6-2-9(13-15-6)10(14)12-4-8-3-7(11)5-16-8/h2-3,5H,4H2,1H3,(H,12,14). The summed E-state index contributed by atoms with van der Waals surface area (Å²) in [6.45, 7) is 2.25. The van der Waals surface area contributed by atoms with Gasteiger partial charge >= 0.3 is 0 Å². The molecule has 0 atom stereocenters. The van der Waals surface area contributed by atoms with Crippen LogP contribution in [0.3, 0.4) is 0 Å². The minimum Gasteiger partial charge on any atom is -0.361 e. The summed E-state index contributed by atoms with van der Waals surface area (Å²) in [6.07, 6.45) is 0. The molecule has 0 aromatic carbocycles. The summed E-state index contributed by atoms with van der Waals surface area (Å²) < 4.78 is 5.85. The summed E-state index contributed by atoms with van der Waals surface area (Å²) in [5.41, 5.74) is 0.313. The van der Waals surface area contributed by atoms with Gasteiger partial charge in [-0.2, -0.15) is 0 Å². The van der Waals surface area contributed by atoms with Crippen molar-refractivity contribution in [2.45, 2.75) is 13.5 Å². The first-order valence-electron chi connectivity index (χ1n) is 4.59. The van der Waals surface area contributed by atoms with Gasteiger partial charge in [-0.25, -0.2) is 0 Å². The number of aromatic nitrogens is 1. The van der Waals surface area contributed by atoms with Gasteiger partial charge in [0.25, 0.3) is 5.91 Å². The fourth-order valence-electron chi connectivity index (χ4n) is 1.18. The average molecular weight is 301 g/mol. The van der Waals surface area contributed by atoms with Crippen LogP contribution in [0.2, 0.25) is 0 Å². The topological polar surface area (TPSA) is 55.1 Å². The Bertz CT molecular complexity index is 506. The molecule has 2 aromatic rings. The first-order chi connectivity index (χ1) is 7.65. The molecule has 2 heterocycles. The van der Waals surface area contributed by atoms with Crippen molar-refractivity contribution in [3.05, 3.63) is 38.3 Å². The lowest BCUT2D eigenvalue weighted by Crippen LogP contribution is -2.22. The fraction of sp³-hybridized carbons (Fsp3) is 0.200. The summed E-state index contributed by atoms with van der Waals surface area (Å²) in [7, 11) is 0. The molecule has 0 saturated carbocycles. The molecule has 6 heteroatoms. The highest BCUT2D eigenvalue weighted by Gasteiger charge is 2.10. The van der Waals surface area contributed by atoms with Gasteiger partial charge in [-0.3, -0.25) is 4.79 Å². The monoisotopic (exact) mass is 300 g/mol. The quantitative estimate of drug-likeness (QED) is 0.948. The van der Waals surface area contributed by atoms with Crippen LogP contribution < -0.4 is 5.32 Å². The molecule has 4 nitrogen and oxygen atoms in total. The van der Waals surface area contributed by atoms with Gasteiger partial charge in [-0.05, 0) is 28.9 Å². The maximum atomic E-state index is 11.6. The van der Waals surface area contributed by atoms with Gasteiger partial charge < -0.3 is 9.84 Å². The van der Waals surface area contributed by atoms with Crippen LogP contribution in [-0.4, -0.2) is 11.1 Å². The highest BCUT2D eigenvalue weighted by atomic mass is 79.9. The lowest BCUT2D eigenvalue weighted by atomic mass is 10.3. The highest BCUT2D eigenvalue weighted by molar-refractivity contribution is 9.10. The van der Waals surface area contributed by atoms with Gasteiger partial charge in [0, 0.05) is 20.8 Å². The van der Waals surface area contributed by atoms with E-state index in [1.165, 1.54) is 0 Å². The Balaban J connectivity index is 1.93. The summed E-state index contributed by atoms with van der Waals surface area (Å²) >= 11 is 4.94. The van der Waals surface area contributed by atoms with Gasteiger partial charge in [0.2, 0.25) is 0 Å². The molecule has 2 aromatic heterocycles. The van der Waals surface area contributed by atoms with Gasteiger partial charge in [0.05, 0.1) is 6.54 Å². The van der Waals surface area contributed by atoms with Crippen LogP contribution in [0.25, 0.3) is 0 Å². The van der Waals surface area contributed by atoms with Crippen molar-refractivity contribution in [3.63, 3.8) is 0 Å². The van der Waals surface area contributed by atoms with Crippen molar-refractivity contribution in [2.24, 2.45) is 0 Å². The molecule has 16 heavy (non-hydrogen) atoms. The fourth-order valence-corrected chi connectivity index (χ4v) is 2.57. The number of nitrogens with zero attached hydrogens (tertiary/aromatic N) is 1. The minimum absolute atomic E-state index is 0.221. The molecule has 0 saturated heterocycles. The van der Waals surface area contributed by atoms with Gasteiger partial charge in [0.1, 0.15) is 5.76 Å². The highest BCUT2D eigenvalue weighted by Crippen LogP contribution is 2.19. The molecule has 0 unspecified atom stereocenters. The molecular formula is C10H9BrN2O2S. The number of nitrogens with one attached hydrogen (secondary N) is 1. The van der Waals surface area contributed by atoms with Crippen molar-refractivity contribution in [1.29, 1.82) is 0 Å². The number of hydrogen-bond acceptors (Lipinski definition) is 4. The van der Waals surface area contributed by atoms with Crippen LogP contribution in [-0.2, 0) is 6.54 Å². The van der Waals surface area contributed by atoms with Crippen molar-refractivity contribution in [2.75, 3.05) is 0 Å². The van der Waals surface area contributed by atoms with Crippen LogP contribution in [0.1, 0.15) is 21.1 Å². The summed E-state index contributed by atoms with van der Waals surface area (Å²) in [4.78, 5) is 12.7. The predicted molar refractivity (Wildman–Crippen MR) is 64.4 cm³/mol. The number of halogens is 1. The summed E-state index contributed by atoms with van der Waals surface area (Å²) in [6, 6.07) is 3.58. The molecule has 0 fully saturated rings. The Morgan fingerprint density at radius 2 is 2.44 bits per heavy atom. The van der Waals surface area contributed by atoms with Gasteiger partial charge in [-0.15, -0.1) is 11.3 Å². The maximum absolute atomic E-state index is 11.6. The third-order valence-electron chi connectivity index (χ3n) is 1.91. The zero-order valence-corrected chi connectivity index (χ0v) is 10.9. The van der Waals surface area contributed by atoms with E-state index in [-0.39, 0.29) is 5.91 Å². The van der Waals surface area contributed by atoms with E-state index in [4.69, 9.17) is 4.52 Å². The van der Waals surface area contributed by atoms with E-state index in [0.29, 0.717) is 18.0 Å². The molecule has 84 valence electrons. The number of carbonyl (C=O) groups excluding carboxylic acids is 1. The molecule has 1 amide bonds. The number of hydrogen-bond donors (Lipinski definition) is 1. The Labute approximate surface area is 105 Å². The van der Waals surface area contributed by atoms with Crippen LogP contribution in [0.4, 0.5) is 0 Å². The van der Waals surface area contributed by atoms with E-state index < -0.39 is 0 Å². The SMILES string of the molecule is Cc1cc(C(=O)NCc2cc(Br)cs2)no1. The Morgan fingerprint density at radius 3 is 3.00 bits per heavy atom. The van der Waals surface area contributed by atoms with Crippen molar-refractivity contribution < 1.29 is 9.32 Å². The zero-order valence-electron chi connectivity index (χ0n) is 8.49. The molecule has 0 bridgehead atoms. The van der Waals surface area contributed by atoms with E-state index in [0.717, 1.165) is 9.35 Å². The third-order valence-corrected chi connectivity index (χ3v) is 3.60. The molecule has 2 rings (SSSR count). The molecular weight excluding hydrogens is 292 g/mol. The van der Waals surface area contributed by atoms with Crippen molar-refractivity contribution >= 4 is 33.2 Å². The summed E-state index contributed by atoms with van der Waals surface area (Å²) in [5.74, 6) is 0.408. The second kappa shape index (κ2) is 4.80. The van der Waals surface area contributed by atoms with Crippen LogP contribution in [0.15, 0.2) is 26.5 Å². The van der Waals surface area contributed by atoms with Crippen LogP contribution in [0.5, 0.6) is 0 Å². The van der Waals surface area contributed by atoms with E-state index in [1.54, 1.807) is 24.3 Å². The van der Waals surface area contributed by atoms with E-state index >= 15 is 0 Å². The number of amides is 1. The number of thiophene rings is 1. The van der Waals surface area contributed by atoms with E-state index in [9.17, 15) is 4.79 Å². The number of aryl methyl sites for hydroxylation is 1. The second-order valence-electron chi connectivity index (χ2n) is 3.24. The van der Waals surface area contributed by atoms with Crippen molar-refractivity contribution in [1.82, 2.24) is 10.5 Å².